The summed E-state index contributed by atoms with van der Waals surface area (Å²) in [5, 5.41) is 13.1. The van der Waals surface area contributed by atoms with E-state index in [0.29, 0.717) is 6.54 Å². The minimum atomic E-state index is -0.305. The van der Waals surface area contributed by atoms with E-state index in [4.69, 9.17) is 0 Å². The first kappa shape index (κ1) is 14.6. The lowest BCUT2D eigenvalue weighted by Gasteiger charge is -2.22. The van der Waals surface area contributed by atoms with E-state index >= 15 is 0 Å². The van der Waals surface area contributed by atoms with Crippen LogP contribution in [0.5, 0.6) is 0 Å². The molecule has 2 N–H and O–H groups in total. The van der Waals surface area contributed by atoms with Gasteiger partial charge in [-0.2, -0.15) is 0 Å². The molecule has 0 bridgehead atoms. The zero-order chi connectivity index (χ0) is 12.9. The summed E-state index contributed by atoms with van der Waals surface area (Å²) in [4.78, 5) is 1.21. The Morgan fingerprint density at radius 1 is 1.24 bits per heavy atom. The van der Waals surface area contributed by atoms with Gasteiger partial charge in [0.2, 0.25) is 0 Å². The van der Waals surface area contributed by atoms with Gasteiger partial charge in [0.15, 0.2) is 0 Å². The second-order valence-electron chi connectivity index (χ2n) is 5.41. The third kappa shape index (κ3) is 6.71. The van der Waals surface area contributed by atoms with Crippen LogP contribution < -0.4 is 5.32 Å². The van der Waals surface area contributed by atoms with Crippen LogP contribution in [0.1, 0.15) is 26.3 Å². The smallest absolute Gasteiger partial charge is 0.0758 e. The Labute approximate surface area is 109 Å². The first-order valence-corrected chi connectivity index (χ1v) is 6.98. The predicted octanol–water partition coefficient (Wildman–Crippen LogP) is 2.84. The molecule has 0 aliphatic carbocycles. The Morgan fingerprint density at radius 2 is 1.82 bits per heavy atom. The van der Waals surface area contributed by atoms with Crippen molar-refractivity contribution >= 4 is 11.8 Å². The van der Waals surface area contributed by atoms with Crippen molar-refractivity contribution in [2.75, 3.05) is 12.3 Å². The fourth-order valence-electron chi connectivity index (χ4n) is 1.31. The van der Waals surface area contributed by atoms with E-state index in [0.717, 1.165) is 5.75 Å². The molecule has 3 heteroatoms. The molecule has 0 aliphatic rings. The number of β-amino-alcohol motifs (C(OH)–C–C–N with tert-alkyl or cyclic N) is 1. The Morgan fingerprint density at radius 3 is 2.35 bits per heavy atom. The van der Waals surface area contributed by atoms with E-state index < -0.39 is 0 Å². The van der Waals surface area contributed by atoms with Crippen LogP contribution in [0.4, 0.5) is 0 Å². The van der Waals surface area contributed by atoms with Crippen molar-refractivity contribution in [3.8, 4) is 0 Å². The molecule has 1 atom stereocenters. The molecule has 0 aromatic heterocycles. The lowest BCUT2D eigenvalue weighted by atomic mass is 10.1. The minimum absolute atomic E-state index is 0.0650. The van der Waals surface area contributed by atoms with Gasteiger partial charge in [-0.1, -0.05) is 17.7 Å². The molecule has 0 aliphatic heterocycles. The standard InChI is InChI=1S/C14H23NOS/c1-11-5-7-13(8-6-11)17-10-12(16)9-15-14(2,3)4/h5-8,12,15-16H,9-10H2,1-4H3. The van der Waals surface area contributed by atoms with Crippen molar-refractivity contribution < 1.29 is 5.11 Å². The summed E-state index contributed by atoms with van der Waals surface area (Å²) < 4.78 is 0. The van der Waals surface area contributed by atoms with E-state index in [1.54, 1.807) is 11.8 Å². The third-order valence-corrected chi connectivity index (χ3v) is 3.49. The molecule has 0 saturated carbocycles. The highest BCUT2D eigenvalue weighted by Crippen LogP contribution is 2.19. The molecule has 17 heavy (non-hydrogen) atoms. The van der Waals surface area contributed by atoms with Crippen LogP contribution in [-0.2, 0) is 0 Å². The first-order chi connectivity index (χ1) is 7.87. The van der Waals surface area contributed by atoms with Gasteiger partial charge >= 0.3 is 0 Å². The number of benzene rings is 1. The van der Waals surface area contributed by atoms with Crippen molar-refractivity contribution in [1.29, 1.82) is 0 Å². The molecule has 0 heterocycles. The van der Waals surface area contributed by atoms with E-state index in [2.05, 4.69) is 57.3 Å². The second-order valence-corrected chi connectivity index (χ2v) is 6.50. The van der Waals surface area contributed by atoms with Gasteiger partial charge < -0.3 is 10.4 Å². The topological polar surface area (TPSA) is 32.3 Å². The number of rotatable bonds is 5. The van der Waals surface area contributed by atoms with Crippen LogP contribution in [0, 0.1) is 6.92 Å². The third-order valence-electron chi connectivity index (χ3n) is 2.33. The average Bonchev–Trinajstić information content (AvgIpc) is 2.25. The molecule has 2 nitrogen and oxygen atoms in total. The van der Waals surface area contributed by atoms with Gasteiger partial charge in [0.1, 0.15) is 0 Å². The molecule has 1 aromatic carbocycles. The van der Waals surface area contributed by atoms with Gasteiger partial charge in [0, 0.05) is 22.7 Å². The molecule has 1 aromatic rings. The number of aliphatic hydroxyl groups is 1. The molecule has 1 rings (SSSR count). The quantitative estimate of drug-likeness (QED) is 0.792. The van der Waals surface area contributed by atoms with Gasteiger partial charge in [0.05, 0.1) is 6.10 Å². The maximum atomic E-state index is 9.85. The first-order valence-electron chi connectivity index (χ1n) is 5.99. The van der Waals surface area contributed by atoms with Crippen molar-refractivity contribution in [2.24, 2.45) is 0 Å². The van der Waals surface area contributed by atoms with Crippen LogP contribution in [0.3, 0.4) is 0 Å². The van der Waals surface area contributed by atoms with Crippen molar-refractivity contribution in [2.45, 2.75) is 44.2 Å². The Bertz CT molecular complexity index is 329. The van der Waals surface area contributed by atoms with E-state index in [-0.39, 0.29) is 11.6 Å². The number of aryl methyl sites for hydroxylation is 1. The van der Waals surface area contributed by atoms with Crippen LogP contribution in [-0.4, -0.2) is 29.0 Å². The molecule has 0 radical (unpaired) electrons. The van der Waals surface area contributed by atoms with Crippen molar-refractivity contribution in [3.05, 3.63) is 29.8 Å². The fraction of sp³-hybridized carbons (Fsp3) is 0.571. The monoisotopic (exact) mass is 253 g/mol. The molecular weight excluding hydrogens is 230 g/mol. The van der Waals surface area contributed by atoms with Gasteiger partial charge in [-0.25, -0.2) is 0 Å². The summed E-state index contributed by atoms with van der Waals surface area (Å²) in [6.07, 6.45) is -0.305. The van der Waals surface area contributed by atoms with E-state index in [9.17, 15) is 5.11 Å². The number of hydrogen-bond acceptors (Lipinski definition) is 3. The number of thioether (sulfide) groups is 1. The van der Waals surface area contributed by atoms with Gasteiger partial charge in [-0.3, -0.25) is 0 Å². The summed E-state index contributed by atoms with van der Waals surface area (Å²) in [5.41, 5.74) is 1.33. The van der Waals surface area contributed by atoms with Crippen molar-refractivity contribution in [3.63, 3.8) is 0 Å². The summed E-state index contributed by atoms with van der Waals surface area (Å²) in [6.45, 7) is 9.03. The Balaban J connectivity index is 2.28. The Kier molecular flexibility index (Phi) is 5.50. The normalized spacial score (nSPS) is 13.7. The number of nitrogens with one attached hydrogen (secondary N) is 1. The SMILES string of the molecule is Cc1ccc(SCC(O)CNC(C)(C)C)cc1. The molecular formula is C14H23NOS. The highest BCUT2D eigenvalue weighted by Gasteiger charge is 2.12. The lowest BCUT2D eigenvalue weighted by molar-refractivity contribution is 0.183. The molecule has 1 unspecified atom stereocenters. The van der Waals surface area contributed by atoms with Gasteiger partial charge in [-0.05, 0) is 39.8 Å². The van der Waals surface area contributed by atoms with Crippen LogP contribution in [0.15, 0.2) is 29.2 Å². The molecule has 0 saturated heterocycles. The summed E-state index contributed by atoms with van der Waals surface area (Å²) in [5.74, 6) is 0.728. The lowest BCUT2D eigenvalue weighted by Crippen LogP contribution is -2.41. The van der Waals surface area contributed by atoms with E-state index in [1.165, 1.54) is 10.5 Å². The second kappa shape index (κ2) is 6.43. The molecule has 0 amide bonds. The maximum Gasteiger partial charge on any atom is 0.0758 e. The highest BCUT2D eigenvalue weighted by atomic mass is 32.2. The van der Waals surface area contributed by atoms with Crippen LogP contribution in [0.2, 0.25) is 0 Å². The van der Waals surface area contributed by atoms with Crippen LogP contribution in [0.25, 0.3) is 0 Å². The zero-order valence-electron chi connectivity index (χ0n) is 11.2. The number of hydrogen-bond donors (Lipinski definition) is 2. The average molecular weight is 253 g/mol. The summed E-state index contributed by atoms with van der Waals surface area (Å²) in [7, 11) is 0. The van der Waals surface area contributed by atoms with E-state index in [1.807, 2.05) is 0 Å². The molecule has 0 spiro atoms. The summed E-state index contributed by atoms with van der Waals surface area (Å²) >= 11 is 1.70. The fourth-order valence-corrected chi connectivity index (χ4v) is 2.14. The largest absolute Gasteiger partial charge is 0.391 e. The highest BCUT2D eigenvalue weighted by molar-refractivity contribution is 7.99. The van der Waals surface area contributed by atoms with Crippen molar-refractivity contribution in [1.82, 2.24) is 5.32 Å². The predicted molar refractivity (Wildman–Crippen MR) is 75.7 cm³/mol. The minimum Gasteiger partial charge on any atom is -0.391 e. The van der Waals surface area contributed by atoms with Crippen LogP contribution >= 0.6 is 11.8 Å². The van der Waals surface area contributed by atoms with Gasteiger partial charge in [0.25, 0.3) is 0 Å². The molecule has 0 fully saturated rings. The molecule has 96 valence electrons. The Hall–Kier alpha value is -0.510. The number of aliphatic hydroxyl groups excluding tert-OH is 1. The van der Waals surface area contributed by atoms with Gasteiger partial charge in [-0.15, -0.1) is 11.8 Å². The summed E-state index contributed by atoms with van der Waals surface area (Å²) in [6, 6.07) is 8.40. The maximum absolute atomic E-state index is 9.85. The zero-order valence-corrected chi connectivity index (χ0v) is 12.0.